The number of anilines is 1. The second kappa shape index (κ2) is 7.62. The zero-order chi connectivity index (χ0) is 15.8. The Balaban J connectivity index is 3.27. The van der Waals surface area contributed by atoms with Gasteiger partial charge in [-0.1, -0.05) is 12.1 Å². The first-order valence-electron chi connectivity index (χ1n) is 5.68. The predicted molar refractivity (Wildman–Crippen MR) is 70.6 cm³/mol. The van der Waals surface area contributed by atoms with Crippen LogP contribution in [0.3, 0.4) is 0 Å². The van der Waals surface area contributed by atoms with Crippen LogP contribution in [0.25, 0.3) is 0 Å². The van der Waals surface area contributed by atoms with E-state index in [4.69, 9.17) is 25.3 Å². The molecule has 0 aliphatic rings. The fraction of sp³-hybridized carbons (Fsp3) is 0.214. The first kappa shape index (κ1) is 16.1. The molecule has 1 N–H and O–H groups in total. The highest BCUT2D eigenvalue weighted by Crippen LogP contribution is 2.26. The number of hydrogen-bond acceptors (Lipinski definition) is 6. The molecule has 1 aromatic carbocycles. The van der Waals surface area contributed by atoms with Gasteiger partial charge in [0.15, 0.2) is 17.7 Å². The van der Waals surface area contributed by atoms with Gasteiger partial charge in [-0.3, -0.25) is 0 Å². The molecule has 0 aliphatic carbocycles. The highest BCUT2D eigenvalue weighted by Gasteiger charge is 2.18. The van der Waals surface area contributed by atoms with Crippen molar-refractivity contribution in [3.8, 4) is 18.2 Å². The third-order valence-corrected chi connectivity index (χ3v) is 2.56. The number of ether oxygens (including phenoxy) is 2. The number of benzene rings is 1. The molecule has 0 heterocycles. The van der Waals surface area contributed by atoms with Gasteiger partial charge in [0.2, 0.25) is 0 Å². The molecule has 0 unspecified atom stereocenters. The Bertz CT molecular complexity index is 660. The quantitative estimate of drug-likeness (QED) is 0.658. The summed E-state index contributed by atoms with van der Waals surface area (Å²) in [6, 6.07) is 9.13. The Morgan fingerprint density at radius 3 is 2.24 bits per heavy atom. The number of nitrogens with one attached hydrogen (secondary N) is 1. The van der Waals surface area contributed by atoms with E-state index in [1.54, 1.807) is 18.2 Å². The minimum atomic E-state index is -0.910. The largest absolute Gasteiger partial charge is 0.352 e. The second-order valence-electron chi connectivity index (χ2n) is 3.72. The SMILES string of the molecule is COC(OC)c1cccc(NC(C#N)=C(C#N)C#N)c1F. The van der Waals surface area contributed by atoms with E-state index in [2.05, 4.69) is 5.32 Å². The van der Waals surface area contributed by atoms with Gasteiger partial charge in [0.25, 0.3) is 0 Å². The predicted octanol–water partition coefficient (Wildman–Crippen LogP) is 2.35. The van der Waals surface area contributed by atoms with Crippen molar-refractivity contribution in [1.82, 2.24) is 0 Å². The third-order valence-electron chi connectivity index (χ3n) is 2.56. The van der Waals surface area contributed by atoms with Gasteiger partial charge in [-0.05, 0) is 6.07 Å². The van der Waals surface area contributed by atoms with Gasteiger partial charge in [0.05, 0.1) is 5.69 Å². The molecule has 0 aliphatic heterocycles. The average molecular weight is 286 g/mol. The van der Waals surface area contributed by atoms with Gasteiger partial charge in [0, 0.05) is 19.8 Å². The van der Waals surface area contributed by atoms with Crippen molar-refractivity contribution in [2.24, 2.45) is 0 Å². The number of methoxy groups -OCH3 is 2. The summed E-state index contributed by atoms with van der Waals surface area (Å²) in [7, 11) is 2.72. The molecule has 7 heteroatoms. The van der Waals surface area contributed by atoms with E-state index in [9.17, 15) is 4.39 Å². The standard InChI is InChI=1S/C14H11FN4O2/c1-20-14(21-2)10-4-3-5-11(13(10)15)19-12(8-18)9(6-16)7-17/h3-5,14,19H,1-2H3. The van der Waals surface area contributed by atoms with Crippen molar-refractivity contribution in [3.63, 3.8) is 0 Å². The minimum absolute atomic E-state index is 0.0637. The molecule has 1 aromatic rings. The molecule has 1 rings (SSSR count). The first-order valence-corrected chi connectivity index (χ1v) is 5.68. The summed E-state index contributed by atoms with van der Waals surface area (Å²) in [6.45, 7) is 0. The second-order valence-corrected chi connectivity index (χ2v) is 3.72. The lowest BCUT2D eigenvalue weighted by molar-refractivity contribution is -0.107. The number of nitriles is 3. The third kappa shape index (κ3) is 3.55. The molecule has 0 fully saturated rings. The highest BCUT2D eigenvalue weighted by atomic mass is 19.1. The van der Waals surface area contributed by atoms with Gasteiger partial charge < -0.3 is 14.8 Å². The fourth-order valence-corrected chi connectivity index (χ4v) is 1.60. The molecule has 0 radical (unpaired) electrons. The molecular weight excluding hydrogens is 275 g/mol. The van der Waals surface area contributed by atoms with Crippen LogP contribution in [-0.4, -0.2) is 14.2 Å². The van der Waals surface area contributed by atoms with Crippen LogP contribution in [0.15, 0.2) is 29.5 Å². The van der Waals surface area contributed by atoms with Crippen LogP contribution in [-0.2, 0) is 9.47 Å². The molecule has 0 saturated heterocycles. The van der Waals surface area contributed by atoms with Crippen molar-refractivity contribution in [2.45, 2.75) is 6.29 Å². The average Bonchev–Trinajstić information content (AvgIpc) is 2.51. The summed E-state index contributed by atoms with van der Waals surface area (Å²) < 4.78 is 24.3. The number of rotatable bonds is 5. The maximum atomic E-state index is 14.3. The summed E-state index contributed by atoms with van der Waals surface area (Å²) in [4.78, 5) is 0. The lowest BCUT2D eigenvalue weighted by atomic mass is 10.1. The van der Waals surface area contributed by atoms with Gasteiger partial charge >= 0.3 is 0 Å². The van der Waals surface area contributed by atoms with Crippen molar-refractivity contribution in [1.29, 1.82) is 15.8 Å². The molecule has 0 aromatic heterocycles. The summed E-state index contributed by atoms with van der Waals surface area (Å²) in [5, 5.41) is 28.8. The summed E-state index contributed by atoms with van der Waals surface area (Å²) in [5.41, 5.74) is -0.705. The zero-order valence-corrected chi connectivity index (χ0v) is 11.3. The van der Waals surface area contributed by atoms with Gasteiger partial charge in [0.1, 0.15) is 23.9 Å². The van der Waals surface area contributed by atoms with Crippen LogP contribution in [0.1, 0.15) is 11.9 Å². The van der Waals surface area contributed by atoms with Crippen LogP contribution in [0.4, 0.5) is 10.1 Å². The van der Waals surface area contributed by atoms with Crippen molar-refractivity contribution >= 4 is 5.69 Å². The fourth-order valence-electron chi connectivity index (χ4n) is 1.60. The Kier molecular flexibility index (Phi) is 5.85. The van der Waals surface area contributed by atoms with Crippen molar-refractivity contribution < 1.29 is 13.9 Å². The van der Waals surface area contributed by atoms with E-state index in [1.807, 2.05) is 0 Å². The molecule has 106 valence electrons. The summed E-state index contributed by atoms with van der Waals surface area (Å²) in [6.07, 6.45) is -0.910. The molecule has 0 saturated carbocycles. The number of allylic oxidation sites excluding steroid dienone is 2. The monoisotopic (exact) mass is 286 g/mol. The van der Waals surface area contributed by atoms with Crippen LogP contribution in [0.2, 0.25) is 0 Å². The molecule has 6 nitrogen and oxygen atoms in total. The number of halogens is 1. The van der Waals surface area contributed by atoms with Crippen LogP contribution < -0.4 is 5.32 Å². The van der Waals surface area contributed by atoms with E-state index in [1.165, 1.54) is 32.4 Å². The van der Waals surface area contributed by atoms with E-state index in [0.717, 1.165) is 0 Å². The smallest absolute Gasteiger partial charge is 0.186 e. The Labute approximate surface area is 121 Å². The highest BCUT2D eigenvalue weighted by molar-refractivity contribution is 5.59. The van der Waals surface area contributed by atoms with Crippen molar-refractivity contribution in [2.75, 3.05) is 19.5 Å². The maximum Gasteiger partial charge on any atom is 0.186 e. The van der Waals surface area contributed by atoms with Gasteiger partial charge in [-0.15, -0.1) is 0 Å². The number of hydrogen-bond donors (Lipinski definition) is 1. The molecule has 0 bridgehead atoms. The molecule has 21 heavy (non-hydrogen) atoms. The number of nitrogens with zero attached hydrogens (tertiary/aromatic N) is 3. The Hall–Kier alpha value is -2.92. The molecule has 0 atom stereocenters. The molecular formula is C14H11FN4O2. The molecule has 0 amide bonds. The maximum absolute atomic E-state index is 14.3. The van der Waals surface area contributed by atoms with Crippen LogP contribution in [0.5, 0.6) is 0 Å². The lowest BCUT2D eigenvalue weighted by Crippen LogP contribution is -2.09. The zero-order valence-electron chi connectivity index (χ0n) is 11.3. The van der Waals surface area contributed by atoms with E-state index >= 15 is 0 Å². The van der Waals surface area contributed by atoms with Crippen LogP contribution >= 0.6 is 0 Å². The normalized spacial score (nSPS) is 9.38. The van der Waals surface area contributed by atoms with E-state index in [-0.39, 0.29) is 16.9 Å². The lowest BCUT2D eigenvalue weighted by Gasteiger charge is -2.16. The topological polar surface area (TPSA) is 102 Å². The first-order chi connectivity index (χ1) is 10.1. The minimum Gasteiger partial charge on any atom is -0.352 e. The summed E-state index contributed by atoms with van der Waals surface area (Å²) >= 11 is 0. The van der Waals surface area contributed by atoms with E-state index in [0.29, 0.717) is 0 Å². The van der Waals surface area contributed by atoms with Gasteiger partial charge in [-0.2, -0.15) is 15.8 Å². The Morgan fingerprint density at radius 1 is 1.14 bits per heavy atom. The van der Waals surface area contributed by atoms with Crippen LogP contribution in [0, 0.1) is 39.8 Å². The van der Waals surface area contributed by atoms with Crippen molar-refractivity contribution in [3.05, 3.63) is 40.8 Å². The van der Waals surface area contributed by atoms with Gasteiger partial charge in [-0.25, -0.2) is 4.39 Å². The summed E-state index contributed by atoms with van der Waals surface area (Å²) in [5.74, 6) is -0.700. The van der Waals surface area contributed by atoms with E-state index < -0.39 is 17.7 Å². The Morgan fingerprint density at radius 2 is 1.76 bits per heavy atom. The molecule has 0 spiro atoms.